The topological polar surface area (TPSA) is 149 Å². The number of hydrogen-bond acceptors (Lipinski definition) is 6. The van der Waals surface area contributed by atoms with E-state index in [9.17, 15) is 62.5 Å². The molecule has 0 aliphatic carbocycles. The zero-order valence-electron chi connectivity index (χ0n) is 18.0. The number of halogens is 6. The molecule has 0 spiro atoms. The van der Waals surface area contributed by atoms with Crippen LogP contribution >= 0.6 is 0 Å². The molecule has 0 amide bonds. The summed E-state index contributed by atoms with van der Waals surface area (Å²) in [6, 6.07) is 0. The van der Waals surface area contributed by atoms with Crippen molar-refractivity contribution in [2.45, 2.75) is 93.2 Å². The van der Waals surface area contributed by atoms with E-state index in [-0.39, 0.29) is 19.3 Å². The molecule has 33 heavy (non-hydrogen) atoms. The molecular formula is C17H30F6O8S2. The van der Waals surface area contributed by atoms with E-state index in [2.05, 4.69) is 0 Å². The Morgan fingerprint density at radius 1 is 0.818 bits per heavy atom. The minimum Gasteiger partial charge on any atom is -0.396 e. The van der Waals surface area contributed by atoms with Gasteiger partial charge in [0, 0.05) is 18.9 Å². The molecule has 4 atom stereocenters. The lowest BCUT2D eigenvalue weighted by molar-refractivity contribution is -0.242. The van der Waals surface area contributed by atoms with Gasteiger partial charge in [0.2, 0.25) is 4.75 Å². The van der Waals surface area contributed by atoms with Gasteiger partial charge in [0.1, 0.15) is 5.60 Å². The lowest BCUT2D eigenvalue weighted by Crippen LogP contribution is -2.72. The van der Waals surface area contributed by atoms with E-state index in [1.165, 1.54) is 13.8 Å². The Bertz CT molecular complexity index is 827. The van der Waals surface area contributed by atoms with E-state index in [4.69, 9.17) is 0 Å². The SMILES string of the molecule is CCCCCC(C(F)(F)F)(C(O)(CCO)C(CCCC)C(C(F)(F)F)S(=O)(=O)O)S(=O)(=O)O. The molecule has 0 rings (SSSR count). The zero-order chi connectivity index (χ0) is 26.5. The van der Waals surface area contributed by atoms with Gasteiger partial charge >= 0.3 is 12.4 Å². The summed E-state index contributed by atoms with van der Waals surface area (Å²) in [5.41, 5.74) is -4.19. The Morgan fingerprint density at radius 3 is 1.61 bits per heavy atom. The number of unbranched alkanes of at least 4 members (excludes halogenated alkanes) is 3. The number of hydrogen-bond donors (Lipinski definition) is 4. The summed E-state index contributed by atoms with van der Waals surface area (Å²) >= 11 is 0. The molecule has 16 heteroatoms. The van der Waals surface area contributed by atoms with Gasteiger partial charge in [0.05, 0.1) is 0 Å². The molecule has 0 fully saturated rings. The van der Waals surface area contributed by atoms with Crippen molar-refractivity contribution in [1.29, 1.82) is 0 Å². The van der Waals surface area contributed by atoms with Crippen LogP contribution in [0.15, 0.2) is 0 Å². The van der Waals surface area contributed by atoms with Crippen LogP contribution in [0.5, 0.6) is 0 Å². The fourth-order valence-corrected chi connectivity index (χ4v) is 6.76. The molecular weight excluding hydrogens is 510 g/mol. The standard InChI is InChI=1S/C17H30F6O8S2/c1-3-5-7-9-15(17(21,22)23,33(29,30)31)14(25,10-11-24)12(8-6-4-2)13(16(18,19)20)32(26,27)28/h12-13,24-25H,3-11H2,1-2H3,(H,26,27,28)(H,29,30,31). The molecule has 200 valence electrons. The Balaban J connectivity index is 7.63. The summed E-state index contributed by atoms with van der Waals surface area (Å²) in [5, 5.41) is 16.5. The van der Waals surface area contributed by atoms with E-state index < -0.39 is 92.8 Å². The van der Waals surface area contributed by atoms with Crippen LogP contribution in [0.4, 0.5) is 26.3 Å². The van der Waals surface area contributed by atoms with Gasteiger partial charge in [-0.1, -0.05) is 46.0 Å². The highest BCUT2D eigenvalue weighted by atomic mass is 32.2. The highest BCUT2D eigenvalue weighted by Crippen LogP contribution is 2.55. The first-order chi connectivity index (χ1) is 14.7. The van der Waals surface area contributed by atoms with E-state index in [1.54, 1.807) is 0 Å². The van der Waals surface area contributed by atoms with Crippen molar-refractivity contribution in [2.24, 2.45) is 5.92 Å². The van der Waals surface area contributed by atoms with Crippen LogP contribution in [-0.4, -0.2) is 70.7 Å². The highest BCUT2D eigenvalue weighted by Gasteiger charge is 2.77. The third kappa shape index (κ3) is 6.93. The maximum Gasteiger partial charge on any atom is 0.413 e. The van der Waals surface area contributed by atoms with Crippen molar-refractivity contribution < 1.29 is 62.5 Å². The molecule has 0 aromatic carbocycles. The molecule has 0 saturated heterocycles. The molecule has 0 aliphatic rings. The number of aliphatic hydroxyl groups excluding tert-OH is 1. The molecule has 4 unspecified atom stereocenters. The van der Waals surface area contributed by atoms with Gasteiger partial charge < -0.3 is 10.2 Å². The summed E-state index contributed by atoms with van der Waals surface area (Å²) in [6.45, 7) is 1.39. The molecule has 0 bridgehead atoms. The van der Waals surface area contributed by atoms with Gasteiger partial charge in [-0.15, -0.1) is 0 Å². The fraction of sp³-hybridized carbons (Fsp3) is 1.00. The summed E-state index contributed by atoms with van der Waals surface area (Å²) in [4.78, 5) is 0. The minimum atomic E-state index is -6.47. The average molecular weight is 541 g/mol. The monoisotopic (exact) mass is 540 g/mol. The van der Waals surface area contributed by atoms with E-state index in [0.29, 0.717) is 0 Å². The maximum absolute atomic E-state index is 14.4. The van der Waals surface area contributed by atoms with Crippen molar-refractivity contribution in [3.8, 4) is 0 Å². The van der Waals surface area contributed by atoms with Crippen LogP contribution in [0, 0.1) is 5.92 Å². The Morgan fingerprint density at radius 2 is 1.30 bits per heavy atom. The molecule has 8 nitrogen and oxygen atoms in total. The second-order valence-corrected chi connectivity index (χ2v) is 11.1. The first-order valence-electron chi connectivity index (χ1n) is 10.1. The smallest absolute Gasteiger partial charge is 0.396 e. The van der Waals surface area contributed by atoms with Crippen LogP contribution in [-0.2, 0) is 20.2 Å². The molecule has 0 radical (unpaired) electrons. The predicted octanol–water partition coefficient (Wildman–Crippen LogP) is 3.49. The van der Waals surface area contributed by atoms with Crippen molar-refractivity contribution in [1.82, 2.24) is 0 Å². The first kappa shape index (κ1) is 32.3. The Labute approximate surface area is 188 Å². The third-order valence-electron chi connectivity index (χ3n) is 5.71. The van der Waals surface area contributed by atoms with Crippen LogP contribution < -0.4 is 0 Å². The van der Waals surface area contributed by atoms with Gasteiger partial charge in [-0.3, -0.25) is 9.11 Å². The fourth-order valence-electron chi connectivity index (χ4n) is 4.25. The largest absolute Gasteiger partial charge is 0.413 e. The zero-order valence-corrected chi connectivity index (χ0v) is 19.7. The Kier molecular flexibility index (Phi) is 11.1. The molecule has 0 heterocycles. The van der Waals surface area contributed by atoms with Crippen LogP contribution in [0.25, 0.3) is 0 Å². The van der Waals surface area contributed by atoms with Crippen molar-refractivity contribution in [3.63, 3.8) is 0 Å². The van der Waals surface area contributed by atoms with Crippen LogP contribution in [0.2, 0.25) is 0 Å². The third-order valence-corrected chi connectivity index (χ3v) is 8.62. The van der Waals surface area contributed by atoms with E-state index in [0.717, 1.165) is 0 Å². The van der Waals surface area contributed by atoms with Crippen LogP contribution in [0.1, 0.15) is 65.2 Å². The second kappa shape index (κ2) is 11.4. The molecule has 0 aromatic heterocycles. The Hall–Kier alpha value is -0.680. The van der Waals surface area contributed by atoms with Crippen molar-refractivity contribution >= 4 is 20.2 Å². The summed E-state index contributed by atoms with van der Waals surface area (Å²) in [7, 11) is -12.7. The molecule has 0 aliphatic heterocycles. The van der Waals surface area contributed by atoms with Gasteiger partial charge in [-0.25, -0.2) is 0 Å². The normalized spacial score (nSPS) is 19.5. The van der Waals surface area contributed by atoms with Gasteiger partial charge in [0.25, 0.3) is 20.2 Å². The predicted molar refractivity (Wildman–Crippen MR) is 106 cm³/mol. The minimum absolute atomic E-state index is 0.0114. The number of alkyl halides is 6. The summed E-state index contributed by atoms with van der Waals surface area (Å²) in [6.07, 6.45) is -17.4. The van der Waals surface area contributed by atoms with E-state index in [1.807, 2.05) is 0 Å². The molecule has 0 aromatic rings. The van der Waals surface area contributed by atoms with Gasteiger partial charge in [0.15, 0.2) is 5.25 Å². The van der Waals surface area contributed by atoms with Crippen molar-refractivity contribution in [3.05, 3.63) is 0 Å². The second-order valence-electron chi connectivity index (χ2n) is 7.88. The lowest BCUT2D eigenvalue weighted by Gasteiger charge is -2.51. The first-order valence-corrected chi connectivity index (χ1v) is 13.0. The summed E-state index contributed by atoms with van der Waals surface area (Å²) < 4.78 is 147. The highest BCUT2D eigenvalue weighted by molar-refractivity contribution is 7.87. The van der Waals surface area contributed by atoms with Gasteiger partial charge in [-0.05, 0) is 12.8 Å². The molecule has 4 N–H and O–H groups in total. The van der Waals surface area contributed by atoms with Crippen LogP contribution in [0.3, 0.4) is 0 Å². The van der Waals surface area contributed by atoms with Gasteiger partial charge in [-0.2, -0.15) is 43.2 Å². The summed E-state index contributed by atoms with van der Waals surface area (Å²) in [5.74, 6) is -3.11. The maximum atomic E-state index is 14.4. The quantitative estimate of drug-likeness (QED) is 0.149. The van der Waals surface area contributed by atoms with Crippen molar-refractivity contribution in [2.75, 3.05) is 6.61 Å². The number of rotatable bonds is 14. The average Bonchev–Trinajstić information content (AvgIpc) is 2.57. The molecule has 0 saturated carbocycles. The lowest BCUT2D eigenvalue weighted by atomic mass is 9.68. The van der Waals surface area contributed by atoms with E-state index >= 15 is 0 Å². The number of aliphatic hydroxyl groups is 2.